The lowest BCUT2D eigenvalue weighted by Gasteiger charge is -2.17. The molecule has 0 aromatic carbocycles. The zero-order valence-corrected chi connectivity index (χ0v) is 14.0. The molecule has 0 radical (unpaired) electrons. The van der Waals surface area contributed by atoms with E-state index in [9.17, 15) is 4.79 Å². The van der Waals surface area contributed by atoms with Crippen molar-refractivity contribution in [3.8, 4) is 5.88 Å². The van der Waals surface area contributed by atoms with Gasteiger partial charge in [-0.05, 0) is 6.92 Å². The number of carbonyl (C=O) groups excluding carboxylic acids is 1. The fourth-order valence-corrected chi connectivity index (χ4v) is 2.46. The molecule has 0 N–H and O–H groups in total. The number of aryl methyl sites for hydroxylation is 1. The number of rotatable bonds is 4. The van der Waals surface area contributed by atoms with Gasteiger partial charge in [0.15, 0.2) is 5.82 Å². The van der Waals surface area contributed by atoms with Crippen molar-refractivity contribution in [3.05, 3.63) is 36.2 Å². The van der Waals surface area contributed by atoms with Crippen LogP contribution in [0.5, 0.6) is 5.88 Å². The third kappa shape index (κ3) is 3.58. The number of anilines is 1. The standard InChI is InChI=1S/C16H20N6O2/c1-11-6-19-13(7-18-11)16(23)22-5-4-12(10-22)24-15-9-17-8-14(20-15)21(2)3/h6-9,12H,4-5,10H2,1-3H3. The molecule has 8 nitrogen and oxygen atoms in total. The zero-order chi connectivity index (χ0) is 17.1. The summed E-state index contributed by atoms with van der Waals surface area (Å²) in [6.45, 7) is 2.96. The highest BCUT2D eigenvalue weighted by Gasteiger charge is 2.29. The number of hydrogen-bond acceptors (Lipinski definition) is 7. The second kappa shape index (κ2) is 6.77. The molecule has 1 aliphatic rings. The van der Waals surface area contributed by atoms with E-state index in [1.54, 1.807) is 23.5 Å². The van der Waals surface area contributed by atoms with E-state index < -0.39 is 0 Å². The van der Waals surface area contributed by atoms with Gasteiger partial charge in [-0.1, -0.05) is 0 Å². The average Bonchev–Trinajstić information content (AvgIpc) is 3.03. The van der Waals surface area contributed by atoms with Crippen molar-refractivity contribution in [3.63, 3.8) is 0 Å². The van der Waals surface area contributed by atoms with Gasteiger partial charge in [0, 0.05) is 33.3 Å². The van der Waals surface area contributed by atoms with Gasteiger partial charge < -0.3 is 14.5 Å². The van der Waals surface area contributed by atoms with Gasteiger partial charge in [-0.2, -0.15) is 4.98 Å². The summed E-state index contributed by atoms with van der Waals surface area (Å²) >= 11 is 0. The maximum absolute atomic E-state index is 12.4. The molecule has 1 atom stereocenters. The van der Waals surface area contributed by atoms with E-state index in [2.05, 4.69) is 19.9 Å². The normalized spacial score (nSPS) is 17.0. The van der Waals surface area contributed by atoms with Crippen LogP contribution in [0, 0.1) is 6.92 Å². The highest BCUT2D eigenvalue weighted by atomic mass is 16.5. The zero-order valence-electron chi connectivity index (χ0n) is 14.0. The largest absolute Gasteiger partial charge is 0.471 e. The Bertz CT molecular complexity index is 719. The van der Waals surface area contributed by atoms with E-state index in [0.717, 1.165) is 17.9 Å². The van der Waals surface area contributed by atoms with Gasteiger partial charge in [0.25, 0.3) is 5.91 Å². The van der Waals surface area contributed by atoms with Gasteiger partial charge >= 0.3 is 0 Å². The van der Waals surface area contributed by atoms with Crippen LogP contribution in [0.4, 0.5) is 5.82 Å². The minimum Gasteiger partial charge on any atom is -0.471 e. The minimum atomic E-state index is -0.123. The fraction of sp³-hybridized carbons (Fsp3) is 0.438. The molecule has 2 aromatic heterocycles. The molecule has 0 aliphatic carbocycles. The molecule has 2 aromatic rings. The first-order chi connectivity index (χ1) is 11.5. The predicted octanol–water partition coefficient (Wildman–Crippen LogP) is 0.935. The van der Waals surface area contributed by atoms with Gasteiger partial charge in [0.2, 0.25) is 5.88 Å². The Balaban J connectivity index is 1.62. The van der Waals surface area contributed by atoms with Crippen LogP contribution in [0.2, 0.25) is 0 Å². The number of ether oxygens (including phenoxy) is 1. The molecule has 3 heterocycles. The SMILES string of the molecule is Cc1cnc(C(=O)N2CCC(Oc3cncc(N(C)C)n3)C2)cn1. The summed E-state index contributed by atoms with van der Waals surface area (Å²) in [6.07, 6.45) is 7.02. The molecule has 1 fully saturated rings. The third-order valence-electron chi connectivity index (χ3n) is 3.78. The molecule has 3 rings (SSSR count). The third-order valence-corrected chi connectivity index (χ3v) is 3.78. The Labute approximate surface area is 140 Å². The summed E-state index contributed by atoms with van der Waals surface area (Å²) in [5, 5.41) is 0. The van der Waals surface area contributed by atoms with Crippen molar-refractivity contribution in [1.82, 2.24) is 24.8 Å². The van der Waals surface area contributed by atoms with Crippen molar-refractivity contribution in [2.24, 2.45) is 0 Å². The monoisotopic (exact) mass is 328 g/mol. The molecule has 1 saturated heterocycles. The Morgan fingerprint density at radius 1 is 1.25 bits per heavy atom. The lowest BCUT2D eigenvalue weighted by molar-refractivity contribution is 0.0765. The summed E-state index contributed by atoms with van der Waals surface area (Å²) < 4.78 is 5.87. The summed E-state index contributed by atoms with van der Waals surface area (Å²) in [5.41, 5.74) is 1.14. The molecule has 0 bridgehead atoms. The van der Waals surface area contributed by atoms with Crippen LogP contribution < -0.4 is 9.64 Å². The molecule has 0 spiro atoms. The molecule has 0 saturated carbocycles. The topological polar surface area (TPSA) is 84.3 Å². The van der Waals surface area contributed by atoms with Gasteiger partial charge in [-0.25, -0.2) is 4.98 Å². The van der Waals surface area contributed by atoms with E-state index in [0.29, 0.717) is 24.7 Å². The summed E-state index contributed by atoms with van der Waals surface area (Å²) in [7, 11) is 3.79. The van der Waals surface area contributed by atoms with Crippen molar-refractivity contribution in [2.45, 2.75) is 19.4 Å². The lowest BCUT2D eigenvalue weighted by Crippen LogP contribution is -2.31. The Hall–Kier alpha value is -2.77. The Kier molecular flexibility index (Phi) is 4.54. The van der Waals surface area contributed by atoms with Crippen molar-refractivity contribution < 1.29 is 9.53 Å². The minimum absolute atomic E-state index is 0.0981. The number of aromatic nitrogens is 4. The van der Waals surface area contributed by atoms with Gasteiger partial charge in [0.05, 0.1) is 30.8 Å². The summed E-state index contributed by atoms with van der Waals surface area (Å²) in [6, 6.07) is 0. The number of amides is 1. The smallest absolute Gasteiger partial charge is 0.274 e. The summed E-state index contributed by atoms with van der Waals surface area (Å²) in [4.78, 5) is 32.8. The fourth-order valence-electron chi connectivity index (χ4n) is 2.46. The highest BCUT2D eigenvalue weighted by molar-refractivity contribution is 5.92. The number of likely N-dealkylation sites (tertiary alicyclic amines) is 1. The second-order valence-electron chi connectivity index (χ2n) is 5.93. The van der Waals surface area contributed by atoms with Crippen LogP contribution in [0.25, 0.3) is 0 Å². The van der Waals surface area contributed by atoms with Crippen LogP contribution in [-0.4, -0.2) is 64.0 Å². The van der Waals surface area contributed by atoms with Crippen molar-refractivity contribution >= 4 is 11.7 Å². The van der Waals surface area contributed by atoms with Crippen molar-refractivity contribution in [1.29, 1.82) is 0 Å². The average molecular weight is 328 g/mol. The molecule has 24 heavy (non-hydrogen) atoms. The van der Waals surface area contributed by atoms with Gasteiger partial charge in [0.1, 0.15) is 11.8 Å². The maximum atomic E-state index is 12.4. The Morgan fingerprint density at radius 2 is 2.08 bits per heavy atom. The quantitative estimate of drug-likeness (QED) is 0.825. The van der Waals surface area contributed by atoms with E-state index in [-0.39, 0.29) is 12.0 Å². The van der Waals surface area contributed by atoms with Crippen LogP contribution >= 0.6 is 0 Å². The highest BCUT2D eigenvalue weighted by Crippen LogP contribution is 2.19. The van der Waals surface area contributed by atoms with E-state index in [1.807, 2.05) is 25.9 Å². The van der Waals surface area contributed by atoms with Gasteiger partial charge in [-0.15, -0.1) is 0 Å². The first-order valence-electron chi connectivity index (χ1n) is 7.77. The van der Waals surface area contributed by atoms with Crippen LogP contribution in [-0.2, 0) is 0 Å². The first kappa shape index (κ1) is 16.1. The molecular formula is C16H20N6O2. The van der Waals surface area contributed by atoms with Gasteiger partial charge in [-0.3, -0.25) is 14.8 Å². The molecule has 1 unspecified atom stereocenters. The molecule has 126 valence electrons. The number of carbonyl (C=O) groups is 1. The van der Waals surface area contributed by atoms with E-state index >= 15 is 0 Å². The van der Waals surface area contributed by atoms with Crippen LogP contribution in [0.15, 0.2) is 24.8 Å². The number of hydrogen-bond donors (Lipinski definition) is 0. The number of nitrogens with zero attached hydrogens (tertiary/aromatic N) is 6. The van der Waals surface area contributed by atoms with E-state index in [4.69, 9.17) is 4.74 Å². The summed E-state index contributed by atoms with van der Waals surface area (Å²) in [5.74, 6) is 1.07. The molecular weight excluding hydrogens is 308 g/mol. The Morgan fingerprint density at radius 3 is 2.79 bits per heavy atom. The molecule has 8 heteroatoms. The second-order valence-corrected chi connectivity index (χ2v) is 5.93. The van der Waals surface area contributed by atoms with Crippen molar-refractivity contribution in [2.75, 3.05) is 32.1 Å². The van der Waals surface area contributed by atoms with Crippen LogP contribution in [0.1, 0.15) is 22.6 Å². The predicted molar refractivity (Wildman–Crippen MR) is 88.1 cm³/mol. The van der Waals surface area contributed by atoms with E-state index in [1.165, 1.54) is 6.20 Å². The molecule has 1 amide bonds. The molecule has 1 aliphatic heterocycles. The first-order valence-corrected chi connectivity index (χ1v) is 7.77. The lowest BCUT2D eigenvalue weighted by atomic mass is 10.3. The maximum Gasteiger partial charge on any atom is 0.274 e. The van der Waals surface area contributed by atoms with Crippen LogP contribution in [0.3, 0.4) is 0 Å².